The first-order chi connectivity index (χ1) is 17.6. The first kappa shape index (κ1) is 29.3. The summed E-state index contributed by atoms with van der Waals surface area (Å²) in [6.45, 7) is -0.108. The summed E-state index contributed by atoms with van der Waals surface area (Å²) in [6, 6.07) is 3.98. The normalized spacial score (nSPS) is 13.4. The molecule has 13 heteroatoms. The average Bonchev–Trinajstić information content (AvgIpc) is 3.27. The fraction of sp³-hybridized carbons (Fsp3) is 0.458. The molecule has 0 aliphatic heterocycles. The zero-order valence-corrected chi connectivity index (χ0v) is 20.4. The van der Waals surface area contributed by atoms with E-state index >= 15 is 0 Å². The van der Waals surface area contributed by atoms with Crippen LogP contribution in [0.3, 0.4) is 0 Å². The molecule has 3 amide bonds. The number of aromatic nitrogens is 1. The van der Waals surface area contributed by atoms with Crippen LogP contribution in [0, 0.1) is 0 Å². The molecule has 202 valence electrons. The monoisotopic (exact) mass is 518 g/mol. The number of carboxylic acids is 2. The number of H-pyrrole nitrogens is 1. The molecule has 1 aromatic carbocycles. The lowest BCUT2D eigenvalue weighted by Crippen LogP contribution is -2.54. The van der Waals surface area contributed by atoms with Gasteiger partial charge in [-0.2, -0.15) is 0 Å². The molecule has 0 spiro atoms. The van der Waals surface area contributed by atoms with Gasteiger partial charge in [-0.05, 0) is 43.9 Å². The molecule has 0 saturated carbocycles. The second-order valence-electron chi connectivity index (χ2n) is 8.62. The Labute approximate surface area is 213 Å². The topological polar surface area (TPSA) is 230 Å². The first-order valence-corrected chi connectivity index (χ1v) is 11.9. The lowest BCUT2D eigenvalue weighted by atomic mass is 10.0. The number of nitrogens with one attached hydrogen (secondary N) is 4. The maximum absolute atomic E-state index is 13.0. The van der Waals surface area contributed by atoms with Crippen molar-refractivity contribution in [2.24, 2.45) is 11.5 Å². The Morgan fingerprint density at radius 2 is 1.68 bits per heavy atom. The van der Waals surface area contributed by atoms with Crippen LogP contribution in [-0.4, -0.2) is 76.1 Å². The number of para-hydroxylation sites is 1. The quantitative estimate of drug-likeness (QED) is 0.130. The van der Waals surface area contributed by atoms with E-state index in [1.807, 2.05) is 24.3 Å². The predicted octanol–water partition coefficient (Wildman–Crippen LogP) is -0.798. The van der Waals surface area contributed by atoms with Crippen molar-refractivity contribution in [3.63, 3.8) is 0 Å². The Morgan fingerprint density at radius 3 is 2.35 bits per heavy atom. The summed E-state index contributed by atoms with van der Waals surface area (Å²) in [5, 5.41) is 26.6. The zero-order valence-electron chi connectivity index (χ0n) is 20.4. The molecular formula is C24H34N6O7. The van der Waals surface area contributed by atoms with Gasteiger partial charge in [-0.15, -0.1) is 0 Å². The van der Waals surface area contributed by atoms with Crippen molar-refractivity contribution in [1.82, 2.24) is 20.9 Å². The highest BCUT2D eigenvalue weighted by molar-refractivity contribution is 5.93. The van der Waals surface area contributed by atoms with E-state index in [1.54, 1.807) is 6.20 Å². The van der Waals surface area contributed by atoms with Gasteiger partial charge in [0.05, 0.1) is 12.6 Å². The van der Waals surface area contributed by atoms with Crippen LogP contribution in [0.1, 0.15) is 37.7 Å². The maximum atomic E-state index is 13.0. The number of benzene rings is 1. The third-order valence-corrected chi connectivity index (χ3v) is 5.74. The minimum absolute atomic E-state index is 0.0266. The molecule has 1 heterocycles. The SMILES string of the molecule is NCCCCC(NC(=O)CNC(=O)C(N)CCC(=O)O)C(=O)NC(Cc1c[nH]c2ccccc12)C(=O)O. The first-order valence-electron chi connectivity index (χ1n) is 11.9. The fourth-order valence-electron chi connectivity index (χ4n) is 3.71. The van der Waals surface area contributed by atoms with Crippen molar-refractivity contribution in [3.05, 3.63) is 36.0 Å². The summed E-state index contributed by atoms with van der Waals surface area (Å²) >= 11 is 0. The molecular weight excluding hydrogens is 484 g/mol. The van der Waals surface area contributed by atoms with E-state index in [-0.39, 0.29) is 25.7 Å². The van der Waals surface area contributed by atoms with Crippen LogP contribution in [0.2, 0.25) is 0 Å². The number of carbonyl (C=O) groups excluding carboxylic acids is 3. The molecule has 0 fully saturated rings. The standard InChI is InChI=1S/C24H34N6O7/c25-10-4-3-7-18(29-20(31)13-28-22(34)16(26)8-9-21(32)33)23(35)30-19(24(36)37)11-14-12-27-17-6-2-1-5-15(14)17/h1-2,5-6,12,16,18-19,27H,3-4,7-11,13,25-26H2,(H,28,34)(H,29,31)(H,30,35)(H,32,33)(H,36,37). The number of nitrogens with two attached hydrogens (primary N) is 2. The van der Waals surface area contributed by atoms with Crippen LogP contribution in [0.5, 0.6) is 0 Å². The summed E-state index contributed by atoms with van der Waals surface area (Å²) in [4.78, 5) is 63.0. The number of aliphatic carboxylic acids is 2. The fourth-order valence-corrected chi connectivity index (χ4v) is 3.71. The van der Waals surface area contributed by atoms with Gasteiger partial charge in [0.15, 0.2) is 0 Å². The summed E-state index contributed by atoms with van der Waals surface area (Å²) < 4.78 is 0. The average molecular weight is 519 g/mol. The van der Waals surface area contributed by atoms with E-state index in [0.29, 0.717) is 24.9 Å². The highest BCUT2D eigenvalue weighted by Gasteiger charge is 2.27. The molecule has 2 aromatic rings. The molecule has 0 aliphatic rings. The van der Waals surface area contributed by atoms with E-state index in [0.717, 1.165) is 10.9 Å². The number of unbranched alkanes of at least 4 members (excludes halogenated alkanes) is 1. The van der Waals surface area contributed by atoms with Crippen molar-refractivity contribution in [2.45, 2.75) is 56.7 Å². The molecule has 10 N–H and O–H groups in total. The van der Waals surface area contributed by atoms with Crippen molar-refractivity contribution in [3.8, 4) is 0 Å². The van der Waals surface area contributed by atoms with Crippen LogP contribution in [0.15, 0.2) is 30.5 Å². The smallest absolute Gasteiger partial charge is 0.326 e. The Hall–Kier alpha value is -3.97. The van der Waals surface area contributed by atoms with E-state index in [2.05, 4.69) is 20.9 Å². The molecule has 3 unspecified atom stereocenters. The Bertz CT molecular complexity index is 1100. The zero-order chi connectivity index (χ0) is 27.4. The van der Waals surface area contributed by atoms with E-state index < -0.39 is 54.3 Å². The Morgan fingerprint density at radius 1 is 0.946 bits per heavy atom. The Kier molecular flexibility index (Phi) is 11.5. The largest absolute Gasteiger partial charge is 0.481 e. The molecule has 0 aliphatic carbocycles. The van der Waals surface area contributed by atoms with E-state index in [1.165, 1.54) is 0 Å². The summed E-state index contributed by atoms with van der Waals surface area (Å²) in [5.74, 6) is -4.40. The number of carboxylic acid groups (broad SMARTS) is 2. The van der Waals surface area contributed by atoms with Gasteiger partial charge in [0, 0.05) is 29.9 Å². The third-order valence-electron chi connectivity index (χ3n) is 5.74. The highest BCUT2D eigenvalue weighted by Crippen LogP contribution is 2.19. The van der Waals surface area contributed by atoms with Crippen LogP contribution < -0.4 is 27.4 Å². The maximum Gasteiger partial charge on any atom is 0.326 e. The molecule has 0 bridgehead atoms. The van der Waals surface area contributed by atoms with Gasteiger partial charge in [0.2, 0.25) is 17.7 Å². The second kappa shape index (κ2) is 14.6. The van der Waals surface area contributed by atoms with Gasteiger partial charge in [-0.1, -0.05) is 18.2 Å². The summed E-state index contributed by atoms with van der Waals surface area (Å²) in [5.41, 5.74) is 12.7. The molecule has 2 rings (SSSR count). The van der Waals surface area contributed by atoms with Gasteiger partial charge >= 0.3 is 11.9 Å². The van der Waals surface area contributed by atoms with Gasteiger partial charge in [-0.3, -0.25) is 19.2 Å². The number of fused-ring (bicyclic) bond motifs is 1. The van der Waals surface area contributed by atoms with Gasteiger partial charge in [0.1, 0.15) is 12.1 Å². The molecule has 0 radical (unpaired) electrons. The minimum Gasteiger partial charge on any atom is -0.481 e. The number of aromatic amines is 1. The molecule has 3 atom stereocenters. The number of amides is 3. The molecule has 37 heavy (non-hydrogen) atoms. The predicted molar refractivity (Wildman–Crippen MR) is 134 cm³/mol. The molecule has 0 saturated heterocycles. The minimum atomic E-state index is -1.24. The summed E-state index contributed by atoms with van der Waals surface area (Å²) in [7, 11) is 0. The highest BCUT2D eigenvalue weighted by atomic mass is 16.4. The lowest BCUT2D eigenvalue weighted by Gasteiger charge is -2.22. The van der Waals surface area contributed by atoms with Gasteiger partial charge < -0.3 is 42.6 Å². The summed E-state index contributed by atoms with van der Waals surface area (Å²) in [6.07, 6.45) is 2.62. The lowest BCUT2D eigenvalue weighted by molar-refractivity contribution is -0.142. The van der Waals surface area contributed by atoms with E-state index in [4.69, 9.17) is 16.6 Å². The van der Waals surface area contributed by atoms with Crippen LogP contribution in [-0.2, 0) is 30.4 Å². The molecule has 13 nitrogen and oxygen atoms in total. The van der Waals surface area contributed by atoms with Crippen molar-refractivity contribution in [2.75, 3.05) is 13.1 Å². The second-order valence-corrected chi connectivity index (χ2v) is 8.62. The molecule has 1 aromatic heterocycles. The van der Waals surface area contributed by atoms with Gasteiger partial charge in [-0.25, -0.2) is 4.79 Å². The number of hydrogen-bond acceptors (Lipinski definition) is 7. The third kappa shape index (κ3) is 9.54. The number of hydrogen-bond donors (Lipinski definition) is 8. The van der Waals surface area contributed by atoms with E-state index in [9.17, 15) is 29.1 Å². The number of rotatable bonds is 16. The van der Waals surface area contributed by atoms with Crippen LogP contribution in [0.25, 0.3) is 10.9 Å². The van der Waals surface area contributed by atoms with Crippen LogP contribution in [0.4, 0.5) is 0 Å². The van der Waals surface area contributed by atoms with Crippen molar-refractivity contribution < 1.29 is 34.2 Å². The van der Waals surface area contributed by atoms with Crippen molar-refractivity contribution >= 4 is 40.6 Å². The van der Waals surface area contributed by atoms with Gasteiger partial charge in [0.25, 0.3) is 0 Å². The van der Waals surface area contributed by atoms with Crippen molar-refractivity contribution in [1.29, 1.82) is 0 Å². The number of carbonyl (C=O) groups is 5. The van der Waals surface area contributed by atoms with Crippen LogP contribution >= 0.6 is 0 Å². The Balaban J connectivity index is 2.00.